The van der Waals surface area contributed by atoms with E-state index in [4.69, 9.17) is 0 Å². The van der Waals surface area contributed by atoms with Gasteiger partial charge in [-0.3, -0.25) is 15.0 Å². The summed E-state index contributed by atoms with van der Waals surface area (Å²) in [7, 11) is 0. The minimum atomic E-state index is -0.246. The molecule has 1 aromatic carbocycles. The summed E-state index contributed by atoms with van der Waals surface area (Å²) in [6.45, 7) is 6.51. The van der Waals surface area contributed by atoms with Crippen LogP contribution in [0, 0.1) is 5.92 Å². The predicted octanol–water partition coefficient (Wildman–Crippen LogP) is 3.33. The third-order valence-corrected chi connectivity index (χ3v) is 6.57. The van der Waals surface area contributed by atoms with E-state index in [1.165, 1.54) is 55.1 Å². The van der Waals surface area contributed by atoms with Crippen LogP contribution >= 0.6 is 11.3 Å². The van der Waals surface area contributed by atoms with Crippen molar-refractivity contribution in [3.05, 3.63) is 59.2 Å². The number of nitrogens with zero attached hydrogens (tertiary/aromatic N) is 5. The number of carbonyl (C=O) groups excluding carboxylic acids is 1. The highest BCUT2D eigenvalue weighted by Gasteiger charge is 2.26. The van der Waals surface area contributed by atoms with Crippen molar-refractivity contribution in [1.29, 1.82) is 0 Å². The zero-order chi connectivity index (χ0) is 21.8. The van der Waals surface area contributed by atoms with E-state index in [-0.39, 0.29) is 5.91 Å². The predicted molar refractivity (Wildman–Crippen MR) is 127 cm³/mol. The number of hydrogen-bond donors (Lipinski definition) is 2. The van der Waals surface area contributed by atoms with Crippen molar-refractivity contribution >= 4 is 33.9 Å². The summed E-state index contributed by atoms with van der Waals surface area (Å²) in [5.41, 5.74) is 4.54. The van der Waals surface area contributed by atoms with Gasteiger partial charge in [0.15, 0.2) is 0 Å². The molecule has 3 heterocycles. The van der Waals surface area contributed by atoms with Crippen LogP contribution in [0.3, 0.4) is 0 Å². The first kappa shape index (κ1) is 20.8. The lowest BCUT2D eigenvalue weighted by molar-refractivity contribution is 0.102. The van der Waals surface area contributed by atoms with Crippen LogP contribution in [-0.4, -0.2) is 58.7 Å². The molecule has 166 valence electrons. The van der Waals surface area contributed by atoms with Gasteiger partial charge in [0, 0.05) is 51.2 Å². The topological polar surface area (TPSA) is 86.3 Å². The monoisotopic (exact) mass is 449 g/mol. The van der Waals surface area contributed by atoms with Gasteiger partial charge in [-0.05, 0) is 48.6 Å². The van der Waals surface area contributed by atoms with Gasteiger partial charge in [0.1, 0.15) is 11.3 Å². The van der Waals surface area contributed by atoms with Gasteiger partial charge in [0.05, 0.1) is 5.56 Å². The Morgan fingerprint density at radius 3 is 2.53 bits per heavy atom. The maximum absolute atomic E-state index is 12.2. The first-order chi connectivity index (χ1) is 15.7. The Hall–Kier alpha value is -3.04. The largest absolute Gasteiger partial charge is 0.369 e. The number of anilines is 3. The Labute approximate surface area is 191 Å². The summed E-state index contributed by atoms with van der Waals surface area (Å²) in [4.78, 5) is 21.6. The normalized spacial score (nSPS) is 16.7. The van der Waals surface area contributed by atoms with E-state index >= 15 is 0 Å². The smallest absolute Gasteiger partial charge is 0.259 e. The molecule has 0 bridgehead atoms. The number of rotatable bonds is 8. The van der Waals surface area contributed by atoms with Crippen LogP contribution in [0.1, 0.15) is 28.8 Å². The Bertz CT molecular complexity index is 1010. The molecule has 1 saturated carbocycles. The molecule has 0 unspecified atom stereocenters. The molecular formula is C23H27N7OS. The number of amides is 1. The quantitative estimate of drug-likeness (QED) is 0.545. The molecule has 1 aliphatic heterocycles. The van der Waals surface area contributed by atoms with Crippen molar-refractivity contribution in [3.63, 3.8) is 0 Å². The van der Waals surface area contributed by atoms with Crippen LogP contribution in [-0.2, 0) is 6.54 Å². The second kappa shape index (κ2) is 9.62. The molecule has 9 heteroatoms. The van der Waals surface area contributed by atoms with Crippen LogP contribution in [0.15, 0.2) is 48.1 Å². The Balaban J connectivity index is 1.09. The second-order valence-corrected chi connectivity index (χ2v) is 9.21. The first-order valence-corrected chi connectivity index (χ1v) is 11.9. The van der Waals surface area contributed by atoms with Crippen LogP contribution < -0.4 is 15.5 Å². The molecule has 2 fully saturated rings. The minimum absolute atomic E-state index is 0.246. The lowest BCUT2D eigenvalue weighted by atomic mass is 10.1. The van der Waals surface area contributed by atoms with Gasteiger partial charge in [0.25, 0.3) is 5.91 Å². The fourth-order valence-corrected chi connectivity index (χ4v) is 4.34. The van der Waals surface area contributed by atoms with Gasteiger partial charge >= 0.3 is 0 Å². The molecule has 0 spiro atoms. The molecule has 1 saturated heterocycles. The third kappa shape index (κ3) is 5.41. The SMILES string of the molecule is O=C(Nc1nncs1)c1ccc(NCc2ccc(N3CCN(CC4CC4)CC3)cc2)nc1. The van der Waals surface area contributed by atoms with Crippen molar-refractivity contribution in [2.45, 2.75) is 19.4 Å². The number of pyridine rings is 1. The van der Waals surface area contributed by atoms with Crippen LogP contribution in [0.4, 0.5) is 16.6 Å². The maximum atomic E-state index is 12.2. The van der Waals surface area contributed by atoms with E-state index in [0.717, 1.165) is 24.8 Å². The summed E-state index contributed by atoms with van der Waals surface area (Å²) in [5.74, 6) is 1.45. The molecule has 0 atom stereocenters. The van der Waals surface area contributed by atoms with E-state index in [1.54, 1.807) is 17.8 Å². The van der Waals surface area contributed by atoms with E-state index in [1.807, 2.05) is 6.07 Å². The number of aromatic nitrogens is 3. The fraction of sp³-hybridized carbons (Fsp3) is 0.391. The molecule has 2 aliphatic rings. The summed E-state index contributed by atoms with van der Waals surface area (Å²) < 4.78 is 0. The van der Waals surface area contributed by atoms with Crippen LogP contribution in [0.2, 0.25) is 0 Å². The van der Waals surface area contributed by atoms with E-state index in [9.17, 15) is 4.79 Å². The highest BCUT2D eigenvalue weighted by molar-refractivity contribution is 7.13. The number of hydrogen-bond acceptors (Lipinski definition) is 8. The van der Waals surface area contributed by atoms with Gasteiger partial charge in [-0.2, -0.15) is 0 Å². The number of nitrogens with one attached hydrogen (secondary N) is 2. The summed E-state index contributed by atoms with van der Waals surface area (Å²) in [5, 5.41) is 14.0. The Kier molecular flexibility index (Phi) is 6.27. The number of benzene rings is 1. The van der Waals surface area contributed by atoms with Crippen LogP contribution in [0.25, 0.3) is 0 Å². The highest BCUT2D eigenvalue weighted by Crippen LogP contribution is 2.30. The van der Waals surface area contributed by atoms with Gasteiger partial charge in [-0.1, -0.05) is 23.5 Å². The van der Waals surface area contributed by atoms with Gasteiger partial charge in [-0.25, -0.2) is 4.98 Å². The van der Waals surface area contributed by atoms with Crippen molar-refractivity contribution in [3.8, 4) is 0 Å². The van der Waals surface area contributed by atoms with Crippen LogP contribution in [0.5, 0.6) is 0 Å². The summed E-state index contributed by atoms with van der Waals surface area (Å²) in [6.07, 6.45) is 4.41. The molecule has 2 N–H and O–H groups in total. The van der Waals surface area contributed by atoms with Gasteiger partial charge in [0.2, 0.25) is 5.13 Å². The molecule has 5 rings (SSSR count). The summed E-state index contributed by atoms with van der Waals surface area (Å²) >= 11 is 1.28. The second-order valence-electron chi connectivity index (χ2n) is 8.38. The summed E-state index contributed by atoms with van der Waals surface area (Å²) in [6, 6.07) is 12.3. The van der Waals surface area contributed by atoms with Crippen molar-refractivity contribution in [2.24, 2.45) is 5.92 Å². The standard InChI is InChI=1S/C23H27N7OS/c31-22(27-23-28-26-16-32-23)19-5-8-21(25-14-19)24-13-17-3-6-20(7-4-17)30-11-9-29(10-12-30)15-18-1-2-18/h3-8,14,16,18H,1-2,9-13,15H2,(H,24,25)(H,27,28,31). The van der Waals surface area contributed by atoms with Gasteiger partial charge in [-0.15, -0.1) is 10.2 Å². The molecule has 3 aromatic rings. The zero-order valence-corrected chi connectivity index (χ0v) is 18.7. The molecule has 1 aliphatic carbocycles. The molecular weight excluding hydrogens is 422 g/mol. The van der Waals surface area contributed by atoms with Gasteiger partial charge < -0.3 is 10.2 Å². The first-order valence-electron chi connectivity index (χ1n) is 11.1. The maximum Gasteiger partial charge on any atom is 0.259 e. The lowest BCUT2D eigenvalue weighted by Crippen LogP contribution is -2.47. The van der Waals surface area contributed by atoms with Crippen molar-refractivity contribution < 1.29 is 4.79 Å². The fourth-order valence-electron chi connectivity index (χ4n) is 3.90. The number of carbonyl (C=O) groups is 1. The lowest BCUT2D eigenvalue weighted by Gasteiger charge is -2.36. The molecule has 32 heavy (non-hydrogen) atoms. The Morgan fingerprint density at radius 2 is 1.88 bits per heavy atom. The molecule has 0 radical (unpaired) electrons. The average molecular weight is 450 g/mol. The Morgan fingerprint density at radius 1 is 1.06 bits per heavy atom. The zero-order valence-electron chi connectivity index (χ0n) is 17.9. The molecule has 8 nitrogen and oxygen atoms in total. The molecule has 2 aromatic heterocycles. The number of piperazine rings is 1. The average Bonchev–Trinajstić information content (AvgIpc) is 3.50. The van der Waals surface area contributed by atoms with Crippen molar-refractivity contribution in [2.75, 3.05) is 48.3 Å². The van der Waals surface area contributed by atoms with E-state index < -0.39 is 0 Å². The highest BCUT2D eigenvalue weighted by atomic mass is 32.1. The minimum Gasteiger partial charge on any atom is -0.369 e. The van der Waals surface area contributed by atoms with Crippen molar-refractivity contribution in [1.82, 2.24) is 20.1 Å². The molecule has 1 amide bonds. The third-order valence-electron chi connectivity index (χ3n) is 5.97. The van der Waals surface area contributed by atoms with E-state index in [0.29, 0.717) is 17.2 Å². The van der Waals surface area contributed by atoms with E-state index in [2.05, 4.69) is 59.9 Å².